The van der Waals surface area contributed by atoms with Gasteiger partial charge in [-0.1, -0.05) is 121 Å². The van der Waals surface area contributed by atoms with Gasteiger partial charge >= 0.3 is 0 Å². The van der Waals surface area contributed by atoms with Crippen molar-refractivity contribution in [3.05, 3.63) is 182 Å². The summed E-state index contributed by atoms with van der Waals surface area (Å²) in [5.74, 6) is 0. The number of aromatic nitrogens is 4. The molecule has 12 rings (SSSR count). The molecule has 4 heteroatoms. The molecule has 0 aliphatic rings. The maximum absolute atomic E-state index is 5.20. The number of para-hydroxylation sites is 3. The summed E-state index contributed by atoms with van der Waals surface area (Å²) in [6, 6.07) is 65.9. The van der Waals surface area contributed by atoms with Crippen LogP contribution in [-0.4, -0.2) is 18.5 Å². The van der Waals surface area contributed by atoms with Crippen molar-refractivity contribution in [3.8, 4) is 33.8 Å². The summed E-state index contributed by atoms with van der Waals surface area (Å²) in [5, 5.41) is 7.43. The lowest BCUT2D eigenvalue weighted by molar-refractivity contribution is 1.17. The molecule has 5 heterocycles. The minimum atomic E-state index is 0.959. The van der Waals surface area contributed by atoms with Crippen molar-refractivity contribution < 1.29 is 0 Å². The zero-order valence-corrected chi connectivity index (χ0v) is 28.6. The molecule has 0 radical (unpaired) electrons. The second-order valence-electron chi connectivity index (χ2n) is 14.0. The molecular weight excluding hydrogens is 645 g/mol. The van der Waals surface area contributed by atoms with E-state index in [9.17, 15) is 0 Å². The van der Waals surface area contributed by atoms with Gasteiger partial charge in [-0.05, 0) is 71.8 Å². The Morgan fingerprint density at radius 1 is 0.340 bits per heavy atom. The lowest BCUT2D eigenvalue weighted by Gasteiger charge is -2.11. The molecular formula is C49H30N4. The van der Waals surface area contributed by atoms with Gasteiger partial charge in [-0.2, -0.15) is 0 Å². The molecule has 12 aromatic rings. The molecule has 0 N–H and O–H groups in total. The molecule has 0 saturated carbocycles. The van der Waals surface area contributed by atoms with Gasteiger partial charge in [0.05, 0.1) is 44.5 Å². The van der Waals surface area contributed by atoms with Crippen LogP contribution in [0.5, 0.6) is 0 Å². The van der Waals surface area contributed by atoms with E-state index in [4.69, 9.17) is 4.98 Å². The summed E-state index contributed by atoms with van der Waals surface area (Å²) in [6.45, 7) is 0. The predicted octanol–water partition coefficient (Wildman–Crippen LogP) is 12.6. The highest BCUT2D eigenvalue weighted by Crippen LogP contribution is 2.43. The normalized spacial score (nSPS) is 12.2. The number of hydrogen-bond donors (Lipinski definition) is 0. The Morgan fingerprint density at radius 2 is 0.849 bits per heavy atom. The SMILES string of the molecule is c1ccc(-c2nc3ccc(-n4c5ccccc5c5cc(-c6ccc7c(c6)c6ccccc6n7-c6ccccc6)ccc54)c4c5ccccc5c2n34)cc1. The minimum Gasteiger partial charge on any atom is -0.309 e. The quantitative estimate of drug-likeness (QED) is 0.183. The monoisotopic (exact) mass is 674 g/mol. The first-order chi connectivity index (χ1) is 26.3. The van der Waals surface area contributed by atoms with Crippen molar-refractivity contribution in [3.63, 3.8) is 0 Å². The molecule has 53 heavy (non-hydrogen) atoms. The van der Waals surface area contributed by atoms with Crippen LogP contribution in [0.4, 0.5) is 0 Å². The van der Waals surface area contributed by atoms with Crippen LogP contribution in [0, 0.1) is 0 Å². The number of hydrogen-bond acceptors (Lipinski definition) is 1. The molecule has 0 unspecified atom stereocenters. The van der Waals surface area contributed by atoms with Crippen molar-refractivity contribution in [1.29, 1.82) is 0 Å². The number of benzene rings is 7. The highest BCUT2D eigenvalue weighted by atomic mass is 15.1. The third-order valence-corrected chi connectivity index (χ3v) is 11.2. The van der Waals surface area contributed by atoms with E-state index in [2.05, 4.69) is 196 Å². The van der Waals surface area contributed by atoms with Gasteiger partial charge in [0.15, 0.2) is 0 Å². The fourth-order valence-electron chi connectivity index (χ4n) is 8.92. The lowest BCUT2D eigenvalue weighted by Crippen LogP contribution is -1.98. The molecule has 0 amide bonds. The van der Waals surface area contributed by atoms with E-state index in [0.29, 0.717) is 0 Å². The maximum Gasteiger partial charge on any atom is 0.138 e. The van der Waals surface area contributed by atoms with Crippen LogP contribution in [0.15, 0.2) is 182 Å². The van der Waals surface area contributed by atoms with Gasteiger partial charge < -0.3 is 9.13 Å². The molecule has 4 nitrogen and oxygen atoms in total. The molecule has 0 aliphatic heterocycles. The fraction of sp³-hybridized carbons (Fsp3) is 0. The first-order valence-corrected chi connectivity index (χ1v) is 18.1. The molecule has 0 aliphatic carbocycles. The number of fused-ring (bicyclic) bond motifs is 9. The summed E-state index contributed by atoms with van der Waals surface area (Å²) in [6.07, 6.45) is 0. The molecule has 0 atom stereocenters. The van der Waals surface area contributed by atoms with Gasteiger partial charge in [0.25, 0.3) is 0 Å². The molecule has 0 spiro atoms. The van der Waals surface area contributed by atoms with E-state index in [1.807, 2.05) is 0 Å². The van der Waals surface area contributed by atoms with Crippen LogP contribution in [0.25, 0.3) is 105 Å². The zero-order valence-electron chi connectivity index (χ0n) is 28.6. The number of nitrogens with zero attached hydrogens (tertiary/aromatic N) is 4. The first-order valence-electron chi connectivity index (χ1n) is 18.1. The smallest absolute Gasteiger partial charge is 0.138 e. The number of imidazole rings is 1. The summed E-state index contributed by atoms with van der Waals surface area (Å²) >= 11 is 0. The Bertz CT molecular complexity index is 3380. The molecule has 0 bridgehead atoms. The van der Waals surface area contributed by atoms with Gasteiger partial charge in [-0.25, -0.2) is 4.98 Å². The summed E-state index contributed by atoms with van der Waals surface area (Å²) in [5.41, 5.74) is 15.0. The molecule has 0 saturated heterocycles. The minimum absolute atomic E-state index is 0.959. The Balaban J connectivity index is 1.09. The highest BCUT2D eigenvalue weighted by molar-refractivity contribution is 6.18. The molecule has 0 fully saturated rings. The lowest BCUT2D eigenvalue weighted by atomic mass is 10.0. The van der Waals surface area contributed by atoms with E-state index in [1.54, 1.807) is 0 Å². The summed E-state index contributed by atoms with van der Waals surface area (Å²) < 4.78 is 7.20. The third-order valence-electron chi connectivity index (χ3n) is 11.2. The van der Waals surface area contributed by atoms with E-state index < -0.39 is 0 Å². The number of pyridine rings is 1. The largest absolute Gasteiger partial charge is 0.309 e. The third kappa shape index (κ3) is 3.92. The average Bonchev–Trinajstić information content (AvgIpc) is 3.97. The Kier molecular flexibility index (Phi) is 5.74. The van der Waals surface area contributed by atoms with E-state index in [1.165, 1.54) is 76.7 Å². The van der Waals surface area contributed by atoms with Crippen molar-refractivity contribution in [2.75, 3.05) is 0 Å². The van der Waals surface area contributed by atoms with Crippen LogP contribution in [0.3, 0.4) is 0 Å². The van der Waals surface area contributed by atoms with Gasteiger partial charge in [-0.15, -0.1) is 0 Å². The van der Waals surface area contributed by atoms with Crippen LogP contribution in [0.2, 0.25) is 0 Å². The predicted molar refractivity (Wildman–Crippen MR) is 221 cm³/mol. The van der Waals surface area contributed by atoms with Crippen LogP contribution >= 0.6 is 0 Å². The Morgan fingerprint density at radius 3 is 1.51 bits per heavy atom. The van der Waals surface area contributed by atoms with Crippen molar-refractivity contribution in [2.24, 2.45) is 0 Å². The molecule has 246 valence electrons. The molecule has 7 aromatic carbocycles. The van der Waals surface area contributed by atoms with E-state index >= 15 is 0 Å². The first kappa shape index (κ1) is 28.5. The standard InChI is InChI=1S/C49H30N4/c1-3-13-31(14-4-1)47-49-38-20-8-7-19-37(38)48-45(27-28-46(50-47)53(48)49)52-42-22-12-10-18-36(42)40-30-33(24-26-44(40)52)32-23-25-43-39(29-32)35-17-9-11-21-41(35)51(43)34-15-5-2-6-16-34/h1-30H. The van der Waals surface area contributed by atoms with Gasteiger partial charge in [0, 0.05) is 43.6 Å². The summed E-state index contributed by atoms with van der Waals surface area (Å²) in [4.78, 5) is 5.20. The van der Waals surface area contributed by atoms with Crippen LogP contribution in [-0.2, 0) is 0 Å². The van der Waals surface area contributed by atoms with Crippen LogP contribution in [0.1, 0.15) is 0 Å². The second-order valence-corrected chi connectivity index (χ2v) is 14.0. The number of rotatable bonds is 4. The van der Waals surface area contributed by atoms with Gasteiger partial charge in [-0.3, -0.25) is 4.40 Å². The Labute approximate surface area is 304 Å². The van der Waals surface area contributed by atoms with Crippen molar-refractivity contribution in [1.82, 2.24) is 18.5 Å². The topological polar surface area (TPSA) is 27.2 Å². The maximum atomic E-state index is 5.20. The highest BCUT2D eigenvalue weighted by Gasteiger charge is 2.23. The van der Waals surface area contributed by atoms with E-state index in [-0.39, 0.29) is 0 Å². The van der Waals surface area contributed by atoms with Crippen molar-refractivity contribution >= 4 is 71.1 Å². The van der Waals surface area contributed by atoms with Crippen LogP contribution < -0.4 is 0 Å². The Hall–Kier alpha value is -7.17. The summed E-state index contributed by atoms with van der Waals surface area (Å²) in [7, 11) is 0. The molecule has 5 aromatic heterocycles. The fourth-order valence-corrected chi connectivity index (χ4v) is 8.92. The average molecular weight is 675 g/mol. The van der Waals surface area contributed by atoms with E-state index in [0.717, 1.165) is 28.1 Å². The van der Waals surface area contributed by atoms with Crippen molar-refractivity contribution in [2.45, 2.75) is 0 Å². The zero-order chi connectivity index (χ0) is 34.6. The van der Waals surface area contributed by atoms with Gasteiger partial charge in [0.2, 0.25) is 0 Å². The second kappa shape index (κ2) is 10.7. The van der Waals surface area contributed by atoms with Gasteiger partial charge in [0.1, 0.15) is 5.65 Å².